The summed E-state index contributed by atoms with van der Waals surface area (Å²) in [5.41, 5.74) is 10.2. The Morgan fingerprint density at radius 2 is 1.53 bits per heavy atom. The summed E-state index contributed by atoms with van der Waals surface area (Å²) in [6.45, 7) is 0.315. The number of benzene rings is 2. The molecular formula is C25H23ClF6N6O5. The van der Waals surface area contributed by atoms with Crippen molar-refractivity contribution in [3.63, 3.8) is 0 Å². The summed E-state index contributed by atoms with van der Waals surface area (Å²) in [5.74, 6) is -4.65. The number of alkyl halides is 6. The zero-order valence-electron chi connectivity index (χ0n) is 21.7. The van der Waals surface area contributed by atoms with Gasteiger partial charge in [-0.25, -0.2) is 14.6 Å². The molecule has 0 fully saturated rings. The third-order valence-corrected chi connectivity index (χ3v) is 5.39. The van der Waals surface area contributed by atoms with Gasteiger partial charge in [0.05, 0.1) is 6.20 Å². The Bertz CT molecular complexity index is 1430. The molecule has 0 aliphatic carbocycles. The Labute approximate surface area is 244 Å². The molecule has 6 bridgehead atoms. The van der Waals surface area contributed by atoms with Crippen molar-refractivity contribution in [2.75, 3.05) is 22.5 Å². The van der Waals surface area contributed by atoms with E-state index in [9.17, 15) is 31.1 Å². The number of aromatic nitrogens is 2. The van der Waals surface area contributed by atoms with Gasteiger partial charge < -0.3 is 31.9 Å². The average molecular weight is 637 g/mol. The molecule has 0 spiro atoms. The second kappa shape index (κ2) is 15.0. The number of halogens is 7. The minimum Gasteiger partial charge on any atom is -0.475 e. The number of aliphatic carboxylic acids is 2. The van der Waals surface area contributed by atoms with E-state index in [4.69, 9.17) is 37.1 Å². The highest BCUT2D eigenvalue weighted by Gasteiger charge is 2.38. The molecule has 0 saturated carbocycles. The molecule has 18 heteroatoms. The number of hydrogen-bond donors (Lipinski definition) is 6. The maximum atomic E-state index is 12.1. The molecule has 1 aliphatic rings. The van der Waals surface area contributed by atoms with Gasteiger partial charge in [0.15, 0.2) is 5.82 Å². The summed E-state index contributed by atoms with van der Waals surface area (Å²) >= 11 is 6.28. The molecule has 0 saturated heterocycles. The van der Waals surface area contributed by atoms with Crippen molar-refractivity contribution in [2.45, 2.75) is 31.6 Å². The fourth-order valence-corrected chi connectivity index (χ4v) is 3.35. The molecule has 232 valence electrons. The summed E-state index contributed by atoms with van der Waals surface area (Å²) in [4.78, 5) is 38.6. The van der Waals surface area contributed by atoms with E-state index in [1.165, 1.54) is 5.56 Å². The van der Waals surface area contributed by atoms with Gasteiger partial charge in [-0.2, -0.15) is 31.3 Å². The molecule has 43 heavy (non-hydrogen) atoms. The number of rotatable bonds is 3. The van der Waals surface area contributed by atoms with Crippen LogP contribution in [0, 0.1) is 0 Å². The van der Waals surface area contributed by atoms with Crippen molar-refractivity contribution < 1.29 is 50.9 Å². The second-order valence-corrected chi connectivity index (χ2v) is 8.81. The molecule has 2 heterocycles. The number of nitrogens with two attached hydrogens (primary N) is 1. The molecule has 0 atom stereocenters. The van der Waals surface area contributed by atoms with Crippen LogP contribution in [0.25, 0.3) is 0 Å². The largest absolute Gasteiger partial charge is 0.490 e. The Balaban J connectivity index is 0.000000384. The molecule has 1 aromatic heterocycles. The maximum absolute atomic E-state index is 12.1. The number of carboxylic acids is 2. The fourth-order valence-electron chi connectivity index (χ4n) is 3.21. The van der Waals surface area contributed by atoms with Crippen LogP contribution in [0.15, 0.2) is 48.7 Å². The summed E-state index contributed by atoms with van der Waals surface area (Å²) < 4.78 is 63.5. The van der Waals surface area contributed by atoms with Crippen LogP contribution in [-0.4, -0.2) is 56.9 Å². The SMILES string of the molecule is NCCC(=O)Nc1ccc2cc1CCc1cccc(c1)Nc1ncc(Cl)c(n1)N2.O=C(O)C(F)(F)F.O=C(O)C(F)(F)F. The maximum Gasteiger partial charge on any atom is 0.490 e. The van der Waals surface area contributed by atoms with Crippen molar-refractivity contribution >= 4 is 58.3 Å². The first-order valence-electron chi connectivity index (χ1n) is 11.9. The number of carbonyl (C=O) groups is 3. The lowest BCUT2D eigenvalue weighted by Crippen LogP contribution is -2.21. The topological polar surface area (TPSA) is 180 Å². The highest BCUT2D eigenvalue weighted by molar-refractivity contribution is 6.32. The molecule has 0 unspecified atom stereocenters. The van der Waals surface area contributed by atoms with Crippen LogP contribution in [0.4, 0.5) is 55.2 Å². The summed E-state index contributed by atoms with van der Waals surface area (Å²) in [6, 6.07) is 13.9. The van der Waals surface area contributed by atoms with Gasteiger partial charge in [0, 0.05) is 30.0 Å². The van der Waals surface area contributed by atoms with Crippen LogP contribution in [0.3, 0.4) is 0 Å². The molecule has 3 aromatic rings. The lowest BCUT2D eigenvalue weighted by Gasteiger charge is -2.14. The smallest absolute Gasteiger partial charge is 0.475 e. The Morgan fingerprint density at radius 1 is 0.930 bits per heavy atom. The predicted molar refractivity (Wildman–Crippen MR) is 144 cm³/mol. The minimum absolute atomic E-state index is 0.0953. The lowest BCUT2D eigenvalue weighted by atomic mass is 10.0. The summed E-state index contributed by atoms with van der Waals surface area (Å²) in [5, 5.41) is 24.1. The standard InChI is InChI=1S/C21H21ClN6O.2C2HF3O2/c22-17-12-24-21-26-15-3-1-2-13(10-15)4-5-14-11-16(25-20(17)28-21)6-7-18(14)27-19(29)8-9-23;2*3-2(4,5)1(6)7/h1-3,6-7,10-12H,4-5,8-9,23H2,(H,27,29)(H2,24,25,26,28);2*(H,6,7). The number of carboxylic acid groups (broad SMARTS) is 2. The number of amides is 1. The van der Waals surface area contributed by atoms with E-state index in [1.807, 2.05) is 30.3 Å². The second-order valence-electron chi connectivity index (χ2n) is 8.41. The van der Waals surface area contributed by atoms with Gasteiger partial charge in [-0.05, 0) is 54.3 Å². The number of nitrogens with one attached hydrogen (secondary N) is 3. The third kappa shape index (κ3) is 11.6. The summed E-state index contributed by atoms with van der Waals surface area (Å²) in [6.07, 6.45) is -6.75. The van der Waals surface area contributed by atoms with Gasteiger partial charge in [0.25, 0.3) is 0 Å². The number of anilines is 5. The van der Waals surface area contributed by atoms with Gasteiger partial charge >= 0.3 is 24.3 Å². The van der Waals surface area contributed by atoms with Crippen molar-refractivity contribution in [3.05, 3.63) is 64.8 Å². The first-order valence-corrected chi connectivity index (χ1v) is 12.3. The highest BCUT2D eigenvalue weighted by atomic mass is 35.5. The fraction of sp³-hybridized carbons (Fsp3) is 0.240. The van der Waals surface area contributed by atoms with Gasteiger partial charge in [-0.3, -0.25) is 4.79 Å². The van der Waals surface area contributed by atoms with E-state index in [0.29, 0.717) is 23.3 Å². The van der Waals surface area contributed by atoms with Crippen LogP contribution < -0.4 is 21.7 Å². The minimum atomic E-state index is -5.08. The zero-order chi connectivity index (χ0) is 32.4. The van der Waals surface area contributed by atoms with Crippen molar-refractivity contribution in [3.8, 4) is 0 Å². The van der Waals surface area contributed by atoms with Crippen LogP contribution in [0.2, 0.25) is 5.02 Å². The van der Waals surface area contributed by atoms with E-state index < -0.39 is 24.3 Å². The molecule has 1 amide bonds. The van der Waals surface area contributed by atoms with Gasteiger partial charge in [0.1, 0.15) is 5.02 Å². The van der Waals surface area contributed by atoms with Crippen LogP contribution in [-0.2, 0) is 27.2 Å². The van der Waals surface area contributed by atoms with Crippen LogP contribution >= 0.6 is 11.6 Å². The highest BCUT2D eigenvalue weighted by Crippen LogP contribution is 2.29. The molecule has 11 nitrogen and oxygen atoms in total. The lowest BCUT2D eigenvalue weighted by molar-refractivity contribution is -0.193. The van der Waals surface area contributed by atoms with Crippen molar-refractivity contribution in [2.24, 2.45) is 5.73 Å². The quantitative estimate of drug-likeness (QED) is 0.207. The first-order chi connectivity index (χ1) is 20.0. The first kappa shape index (κ1) is 34.6. The Hall–Kier alpha value is -4.64. The van der Waals surface area contributed by atoms with Crippen molar-refractivity contribution in [1.29, 1.82) is 0 Å². The average Bonchev–Trinajstić information content (AvgIpc) is 2.90. The Morgan fingerprint density at radius 3 is 2.12 bits per heavy atom. The number of fused-ring (bicyclic) bond motifs is 6. The third-order valence-electron chi connectivity index (χ3n) is 5.11. The molecule has 4 rings (SSSR count). The van der Waals surface area contributed by atoms with E-state index in [2.05, 4.69) is 38.1 Å². The number of aryl methyl sites for hydroxylation is 2. The predicted octanol–water partition coefficient (Wildman–Crippen LogP) is 5.27. The monoisotopic (exact) mass is 636 g/mol. The number of nitrogens with zero attached hydrogens (tertiary/aromatic N) is 2. The van der Waals surface area contributed by atoms with E-state index in [1.54, 1.807) is 6.20 Å². The molecule has 7 N–H and O–H groups in total. The van der Waals surface area contributed by atoms with E-state index in [0.717, 1.165) is 35.5 Å². The van der Waals surface area contributed by atoms with Crippen LogP contribution in [0.5, 0.6) is 0 Å². The van der Waals surface area contributed by atoms with E-state index >= 15 is 0 Å². The van der Waals surface area contributed by atoms with Gasteiger partial charge in [-0.15, -0.1) is 0 Å². The number of carbonyl (C=O) groups excluding carboxylic acids is 1. The van der Waals surface area contributed by atoms with E-state index in [-0.39, 0.29) is 12.3 Å². The van der Waals surface area contributed by atoms with Gasteiger partial charge in [0.2, 0.25) is 11.9 Å². The Kier molecular flexibility index (Phi) is 12.1. The molecule has 0 radical (unpaired) electrons. The summed E-state index contributed by atoms with van der Waals surface area (Å²) in [7, 11) is 0. The van der Waals surface area contributed by atoms with Crippen molar-refractivity contribution in [1.82, 2.24) is 9.97 Å². The van der Waals surface area contributed by atoms with Gasteiger partial charge in [-0.1, -0.05) is 23.7 Å². The molecule has 2 aromatic carbocycles. The number of hydrogen-bond acceptors (Lipinski definition) is 8. The normalized spacial score (nSPS) is 12.1. The van der Waals surface area contributed by atoms with Crippen LogP contribution in [0.1, 0.15) is 17.5 Å². The molecule has 1 aliphatic heterocycles. The zero-order valence-corrected chi connectivity index (χ0v) is 22.4. The molecular weight excluding hydrogens is 614 g/mol.